The minimum Gasteiger partial charge on any atom is -0.352 e. The molecule has 4 N–H and O–H groups in total. The van der Waals surface area contributed by atoms with Gasteiger partial charge in [0.25, 0.3) is 0 Å². The predicted octanol–water partition coefficient (Wildman–Crippen LogP) is -0.101. The number of hydrogen-bond acceptors (Lipinski definition) is 3. The number of hydrogen-bond donors (Lipinski definition) is 3. The molecule has 1 saturated heterocycles. The van der Waals surface area contributed by atoms with Gasteiger partial charge in [0.2, 0.25) is 11.8 Å². The number of amides is 2. The van der Waals surface area contributed by atoms with E-state index >= 15 is 0 Å². The van der Waals surface area contributed by atoms with Gasteiger partial charge < -0.3 is 16.4 Å². The van der Waals surface area contributed by atoms with Gasteiger partial charge in [-0.1, -0.05) is 6.42 Å². The fraction of sp³-hybridized carbons (Fsp3) is 0.818. The van der Waals surface area contributed by atoms with Crippen LogP contribution < -0.4 is 16.4 Å². The van der Waals surface area contributed by atoms with Crippen LogP contribution in [0.25, 0.3) is 0 Å². The molecule has 5 heteroatoms. The third kappa shape index (κ3) is 4.18. The SMILES string of the molecule is CC(CCCCN)NC(=O)C1CCC(=O)N1. The van der Waals surface area contributed by atoms with Crippen LogP contribution in [0.2, 0.25) is 0 Å². The Balaban J connectivity index is 2.20. The molecule has 16 heavy (non-hydrogen) atoms. The Morgan fingerprint density at radius 2 is 2.38 bits per heavy atom. The molecule has 2 amide bonds. The lowest BCUT2D eigenvalue weighted by Gasteiger charge is -2.16. The molecule has 1 heterocycles. The molecule has 0 aromatic rings. The van der Waals surface area contributed by atoms with E-state index < -0.39 is 0 Å². The Morgan fingerprint density at radius 1 is 1.62 bits per heavy atom. The number of unbranched alkanes of at least 4 members (excludes halogenated alkanes) is 1. The normalized spacial score (nSPS) is 21.6. The average Bonchev–Trinajstić information content (AvgIpc) is 2.65. The zero-order valence-corrected chi connectivity index (χ0v) is 9.79. The topological polar surface area (TPSA) is 84.2 Å². The Kier molecular flexibility index (Phi) is 5.25. The van der Waals surface area contributed by atoms with Gasteiger partial charge in [0.1, 0.15) is 6.04 Å². The molecule has 1 fully saturated rings. The van der Waals surface area contributed by atoms with Gasteiger partial charge >= 0.3 is 0 Å². The third-order valence-corrected chi connectivity index (χ3v) is 2.79. The highest BCUT2D eigenvalue weighted by molar-refractivity contribution is 5.90. The lowest BCUT2D eigenvalue weighted by molar-refractivity contribution is -0.126. The van der Waals surface area contributed by atoms with Gasteiger partial charge in [-0.25, -0.2) is 0 Å². The zero-order valence-electron chi connectivity index (χ0n) is 9.79. The Hall–Kier alpha value is -1.10. The van der Waals surface area contributed by atoms with Crippen molar-refractivity contribution in [1.82, 2.24) is 10.6 Å². The van der Waals surface area contributed by atoms with Crippen LogP contribution in [0.4, 0.5) is 0 Å². The quantitative estimate of drug-likeness (QED) is 0.554. The molecule has 2 atom stereocenters. The maximum atomic E-state index is 11.7. The first-order valence-electron chi connectivity index (χ1n) is 5.93. The lowest BCUT2D eigenvalue weighted by Crippen LogP contribution is -2.45. The molecule has 0 aliphatic carbocycles. The van der Waals surface area contributed by atoms with Crippen molar-refractivity contribution in [3.63, 3.8) is 0 Å². The highest BCUT2D eigenvalue weighted by Crippen LogP contribution is 2.07. The van der Waals surface area contributed by atoms with E-state index in [2.05, 4.69) is 10.6 Å². The standard InChI is InChI=1S/C11H21N3O2/c1-8(4-2-3-7-12)13-11(16)9-5-6-10(15)14-9/h8-9H,2-7,12H2,1H3,(H,13,16)(H,14,15). The average molecular weight is 227 g/mol. The van der Waals surface area contributed by atoms with E-state index in [0.717, 1.165) is 19.3 Å². The van der Waals surface area contributed by atoms with Crippen LogP contribution in [-0.2, 0) is 9.59 Å². The molecule has 1 aliphatic rings. The maximum absolute atomic E-state index is 11.7. The second kappa shape index (κ2) is 6.48. The number of nitrogens with two attached hydrogens (primary N) is 1. The van der Waals surface area contributed by atoms with Gasteiger partial charge in [0, 0.05) is 12.5 Å². The second-order valence-corrected chi connectivity index (χ2v) is 4.35. The van der Waals surface area contributed by atoms with Crippen molar-refractivity contribution in [3.05, 3.63) is 0 Å². The molecule has 0 aromatic heterocycles. The summed E-state index contributed by atoms with van der Waals surface area (Å²) in [5.74, 6) is -0.0953. The first-order valence-corrected chi connectivity index (χ1v) is 5.93. The van der Waals surface area contributed by atoms with Gasteiger partial charge in [0.15, 0.2) is 0 Å². The highest BCUT2D eigenvalue weighted by atomic mass is 16.2. The minimum absolute atomic E-state index is 0.0315. The molecule has 2 unspecified atom stereocenters. The number of rotatable bonds is 6. The van der Waals surface area contributed by atoms with Crippen LogP contribution in [0.3, 0.4) is 0 Å². The van der Waals surface area contributed by atoms with Crippen LogP contribution in [0.1, 0.15) is 39.0 Å². The smallest absolute Gasteiger partial charge is 0.242 e. The van der Waals surface area contributed by atoms with Crippen molar-refractivity contribution in [1.29, 1.82) is 0 Å². The van der Waals surface area contributed by atoms with E-state index in [-0.39, 0.29) is 23.9 Å². The molecular weight excluding hydrogens is 206 g/mol. The molecule has 92 valence electrons. The summed E-state index contributed by atoms with van der Waals surface area (Å²) >= 11 is 0. The molecule has 0 bridgehead atoms. The summed E-state index contributed by atoms with van der Waals surface area (Å²) in [6.07, 6.45) is 4.01. The minimum atomic E-state index is -0.329. The Morgan fingerprint density at radius 3 is 2.94 bits per heavy atom. The van der Waals surface area contributed by atoms with Crippen LogP contribution in [0, 0.1) is 0 Å². The van der Waals surface area contributed by atoms with Crippen molar-refractivity contribution in [2.24, 2.45) is 5.73 Å². The van der Waals surface area contributed by atoms with Crippen LogP contribution in [0.5, 0.6) is 0 Å². The van der Waals surface area contributed by atoms with Gasteiger partial charge in [-0.3, -0.25) is 9.59 Å². The van der Waals surface area contributed by atoms with Crippen molar-refractivity contribution < 1.29 is 9.59 Å². The van der Waals surface area contributed by atoms with E-state index in [1.54, 1.807) is 0 Å². The molecule has 0 aromatic carbocycles. The number of carbonyl (C=O) groups excluding carboxylic acids is 2. The van der Waals surface area contributed by atoms with Gasteiger partial charge in [-0.05, 0) is 32.7 Å². The first-order chi connectivity index (χ1) is 7.63. The molecule has 0 radical (unpaired) electrons. The molecule has 0 spiro atoms. The summed E-state index contributed by atoms with van der Waals surface area (Å²) in [4.78, 5) is 22.6. The first kappa shape index (κ1) is 13.0. The number of nitrogens with one attached hydrogen (secondary N) is 2. The van der Waals surface area contributed by atoms with Crippen molar-refractivity contribution in [3.8, 4) is 0 Å². The van der Waals surface area contributed by atoms with Crippen molar-refractivity contribution in [2.75, 3.05) is 6.54 Å². The summed E-state index contributed by atoms with van der Waals surface area (Å²) in [5, 5.41) is 5.56. The summed E-state index contributed by atoms with van der Waals surface area (Å²) < 4.78 is 0. The van der Waals surface area contributed by atoms with E-state index in [1.165, 1.54) is 0 Å². The summed E-state index contributed by atoms with van der Waals surface area (Å²) in [7, 11) is 0. The van der Waals surface area contributed by atoms with Gasteiger partial charge in [0.05, 0.1) is 0 Å². The second-order valence-electron chi connectivity index (χ2n) is 4.35. The lowest BCUT2D eigenvalue weighted by atomic mass is 10.1. The summed E-state index contributed by atoms with van der Waals surface area (Å²) in [6, 6.07) is -0.180. The van der Waals surface area contributed by atoms with Crippen LogP contribution in [0.15, 0.2) is 0 Å². The largest absolute Gasteiger partial charge is 0.352 e. The summed E-state index contributed by atoms with van der Waals surface area (Å²) in [6.45, 7) is 2.67. The highest BCUT2D eigenvalue weighted by Gasteiger charge is 2.27. The van der Waals surface area contributed by atoms with Crippen molar-refractivity contribution in [2.45, 2.75) is 51.1 Å². The molecule has 1 rings (SSSR count). The van der Waals surface area contributed by atoms with E-state index in [9.17, 15) is 9.59 Å². The van der Waals surface area contributed by atoms with Gasteiger partial charge in [-0.15, -0.1) is 0 Å². The monoisotopic (exact) mass is 227 g/mol. The van der Waals surface area contributed by atoms with E-state index in [4.69, 9.17) is 5.73 Å². The molecule has 1 aliphatic heterocycles. The Labute approximate surface area is 96.1 Å². The fourth-order valence-corrected chi connectivity index (χ4v) is 1.82. The van der Waals surface area contributed by atoms with Gasteiger partial charge in [-0.2, -0.15) is 0 Å². The zero-order chi connectivity index (χ0) is 12.0. The number of carbonyl (C=O) groups is 2. The van der Waals surface area contributed by atoms with Crippen LogP contribution >= 0.6 is 0 Å². The van der Waals surface area contributed by atoms with E-state index in [1.807, 2.05) is 6.92 Å². The van der Waals surface area contributed by atoms with E-state index in [0.29, 0.717) is 19.4 Å². The Bertz CT molecular complexity index is 256. The fourth-order valence-electron chi connectivity index (χ4n) is 1.82. The van der Waals surface area contributed by atoms with Crippen LogP contribution in [-0.4, -0.2) is 30.4 Å². The molecular formula is C11H21N3O2. The predicted molar refractivity (Wildman–Crippen MR) is 61.7 cm³/mol. The maximum Gasteiger partial charge on any atom is 0.242 e. The summed E-state index contributed by atoms with van der Waals surface area (Å²) in [5.41, 5.74) is 5.40. The molecule has 5 nitrogen and oxygen atoms in total. The van der Waals surface area contributed by atoms with Crippen molar-refractivity contribution >= 4 is 11.8 Å². The molecule has 0 saturated carbocycles. The third-order valence-electron chi connectivity index (χ3n) is 2.79.